The maximum Gasteiger partial charge on any atom is 0.260 e. The lowest BCUT2D eigenvalue weighted by atomic mass is 9.82. The van der Waals surface area contributed by atoms with Gasteiger partial charge in [0.05, 0.1) is 42.0 Å². The van der Waals surface area contributed by atoms with E-state index in [1.807, 2.05) is 73.1 Å². The fourth-order valence-corrected chi connectivity index (χ4v) is 6.75. The Kier molecular flexibility index (Phi) is 11.5. The minimum Gasteiger partial charge on any atom is -0.504 e. The zero-order valence-electron chi connectivity index (χ0n) is 31.7. The lowest BCUT2D eigenvalue weighted by Gasteiger charge is -2.41. The summed E-state index contributed by atoms with van der Waals surface area (Å²) in [5.74, 6) is -2.40. The molecule has 0 unspecified atom stereocenters. The zero-order valence-corrected chi connectivity index (χ0v) is 31.7. The van der Waals surface area contributed by atoms with E-state index in [-0.39, 0.29) is 16.9 Å². The van der Waals surface area contributed by atoms with Crippen LogP contribution in [0.15, 0.2) is 97.8 Å². The van der Waals surface area contributed by atoms with Crippen LogP contribution in [-0.2, 0) is 30.1 Å². The molecule has 7 heteroatoms. The number of ether oxygens (including phenoxy) is 3. The first-order valence-corrected chi connectivity index (χ1v) is 18.6. The topological polar surface area (TPSA) is 74.8 Å². The molecule has 0 spiro atoms. The molecular weight excluding hydrogens is 636 g/mol. The van der Waals surface area contributed by atoms with Gasteiger partial charge in [0.15, 0.2) is 11.5 Å². The summed E-state index contributed by atoms with van der Waals surface area (Å²) in [6.45, 7) is 23.8. The summed E-state index contributed by atoms with van der Waals surface area (Å²) in [4.78, 5) is 15.1. The second-order valence-corrected chi connectivity index (χ2v) is 14.6. The van der Waals surface area contributed by atoms with Crippen molar-refractivity contribution < 1.29 is 24.1 Å². The minimum atomic E-state index is -1.73. The van der Waals surface area contributed by atoms with Crippen molar-refractivity contribution in [3.8, 4) is 0 Å². The first kappa shape index (κ1) is 37.9. The Morgan fingerprint density at radius 2 is 1.18 bits per heavy atom. The van der Waals surface area contributed by atoms with E-state index < -0.39 is 28.4 Å². The molecule has 4 aromatic rings. The summed E-state index contributed by atoms with van der Waals surface area (Å²) in [6, 6.07) is 16.0. The number of nitrogens with zero attached hydrogens (tertiary/aromatic N) is 2. The second-order valence-electron chi connectivity index (χ2n) is 14.6. The number of aliphatic hydroxyl groups excluding tert-OH is 1. The molecule has 7 nitrogen and oxygen atoms in total. The van der Waals surface area contributed by atoms with Crippen LogP contribution in [0, 0.1) is 0 Å². The molecule has 5 rings (SSSR count). The van der Waals surface area contributed by atoms with Gasteiger partial charge in [0.2, 0.25) is 5.78 Å². The lowest BCUT2D eigenvalue weighted by Crippen LogP contribution is -2.46. The molecule has 0 saturated heterocycles. The van der Waals surface area contributed by atoms with Crippen LogP contribution in [-0.4, -0.2) is 45.6 Å². The fraction of sp³-hybridized carbons (Fsp3) is 0.432. The van der Waals surface area contributed by atoms with Crippen molar-refractivity contribution in [3.63, 3.8) is 0 Å². The molecule has 272 valence electrons. The van der Waals surface area contributed by atoms with Crippen molar-refractivity contribution in [2.45, 2.75) is 104 Å². The summed E-state index contributed by atoms with van der Waals surface area (Å²) in [6.07, 6.45) is 12.7. The zero-order chi connectivity index (χ0) is 37.0. The number of Topliss-reactive ketones (excluding diaryl/α,β-unsaturated/α-hetero) is 1. The molecule has 0 aliphatic heterocycles. The highest BCUT2D eigenvalue weighted by molar-refractivity contribution is 6.34. The Morgan fingerprint density at radius 3 is 1.67 bits per heavy atom. The molecule has 1 aliphatic rings. The van der Waals surface area contributed by atoms with E-state index in [1.54, 1.807) is 0 Å². The highest BCUT2D eigenvalue weighted by Gasteiger charge is 2.54. The van der Waals surface area contributed by atoms with E-state index >= 15 is 4.79 Å². The summed E-state index contributed by atoms with van der Waals surface area (Å²) in [5.41, 5.74) is 2.69. The first-order valence-electron chi connectivity index (χ1n) is 18.6. The number of allylic oxidation sites excluding steroid dienone is 3. The van der Waals surface area contributed by atoms with Gasteiger partial charge in [-0.15, -0.1) is 13.2 Å². The number of benzene rings is 2. The largest absolute Gasteiger partial charge is 0.504 e. The normalized spacial score (nSPS) is 15.3. The molecule has 0 atom stereocenters. The van der Waals surface area contributed by atoms with Gasteiger partial charge in [0.1, 0.15) is 0 Å². The number of para-hydroxylation sites is 2. The van der Waals surface area contributed by atoms with Crippen LogP contribution in [0.2, 0.25) is 0 Å². The minimum absolute atomic E-state index is 0.241. The molecule has 2 aromatic carbocycles. The number of carbonyl (C=O) groups is 1. The van der Waals surface area contributed by atoms with E-state index in [9.17, 15) is 5.11 Å². The van der Waals surface area contributed by atoms with Crippen LogP contribution >= 0.6 is 0 Å². The standard InChI is InChI=1S/C44H56N2O5/c1-10-15-26-49-41-37(33-29-45(42(6,7)13-4)35-24-20-18-22-31(33)35)39(47)40(48)38(44(41,50-27-16-11-2)51-28-17-12-3)34-30-46(43(8,9)14-5)36-25-21-19-23-32(34)36/h13-14,18-25,29-30,48H,4-5,10-12,15-17,26-28H2,1-3,6-9H3. The highest BCUT2D eigenvalue weighted by atomic mass is 16.7. The number of unbranched alkanes of at least 4 members (excludes halogenated alkanes) is 3. The van der Waals surface area contributed by atoms with Gasteiger partial charge in [-0.25, -0.2) is 0 Å². The molecule has 2 heterocycles. The number of ketones is 1. The predicted octanol–water partition coefficient (Wildman–Crippen LogP) is 10.8. The third-order valence-corrected chi connectivity index (χ3v) is 10.1. The Balaban J connectivity index is 1.94. The Morgan fingerprint density at radius 1 is 0.725 bits per heavy atom. The summed E-state index contributed by atoms with van der Waals surface area (Å²) in [7, 11) is 0. The average Bonchev–Trinajstić information content (AvgIpc) is 3.71. The lowest BCUT2D eigenvalue weighted by molar-refractivity contribution is -0.196. The molecule has 0 radical (unpaired) electrons. The third-order valence-electron chi connectivity index (χ3n) is 10.1. The van der Waals surface area contributed by atoms with Gasteiger partial charge in [-0.05, 0) is 59.1 Å². The van der Waals surface area contributed by atoms with Gasteiger partial charge in [-0.3, -0.25) is 4.79 Å². The maximum absolute atomic E-state index is 15.1. The van der Waals surface area contributed by atoms with Gasteiger partial charge in [-0.2, -0.15) is 0 Å². The third kappa shape index (κ3) is 6.86. The molecule has 51 heavy (non-hydrogen) atoms. The van der Waals surface area contributed by atoms with Crippen molar-refractivity contribution in [2.75, 3.05) is 19.8 Å². The average molecular weight is 693 g/mol. The van der Waals surface area contributed by atoms with Crippen LogP contribution in [0.1, 0.15) is 98.1 Å². The van der Waals surface area contributed by atoms with Gasteiger partial charge in [0, 0.05) is 45.3 Å². The molecule has 1 aliphatic carbocycles. The van der Waals surface area contributed by atoms with E-state index in [0.29, 0.717) is 30.9 Å². The number of rotatable bonds is 18. The van der Waals surface area contributed by atoms with Crippen LogP contribution in [0.4, 0.5) is 0 Å². The Bertz CT molecular complexity index is 1960. The Hall–Kier alpha value is -4.33. The van der Waals surface area contributed by atoms with Crippen molar-refractivity contribution in [1.29, 1.82) is 0 Å². The summed E-state index contributed by atoms with van der Waals surface area (Å²) >= 11 is 0. The Labute approximate surface area is 303 Å². The van der Waals surface area contributed by atoms with Gasteiger partial charge in [0.25, 0.3) is 5.79 Å². The summed E-state index contributed by atoms with van der Waals surface area (Å²) < 4.78 is 25.0. The van der Waals surface area contributed by atoms with Gasteiger partial charge in [-0.1, -0.05) is 88.6 Å². The molecular formula is C44H56N2O5. The molecule has 0 amide bonds. The van der Waals surface area contributed by atoms with Crippen LogP contribution in [0.3, 0.4) is 0 Å². The molecule has 1 N–H and O–H groups in total. The monoisotopic (exact) mass is 692 g/mol. The molecule has 0 bridgehead atoms. The van der Waals surface area contributed by atoms with Gasteiger partial charge >= 0.3 is 0 Å². The van der Waals surface area contributed by atoms with Crippen LogP contribution in [0.5, 0.6) is 0 Å². The molecule has 0 fully saturated rings. The number of aliphatic hydroxyl groups is 1. The molecule has 0 saturated carbocycles. The van der Waals surface area contributed by atoms with Crippen molar-refractivity contribution in [1.82, 2.24) is 9.13 Å². The maximum atomic E-state index is 15.1. The molecule has 2 aromatic heterocycles. The van der Waals surface area contributed by atoms with Gasteiger partial charge < -0.3 is 28.5 Å². The van der Waals surface area contributed by atoms with E-state index in [4.69, 9.17) is 14.2 Å². The van der Waals surface area contributed by atoms with Crippen molar-refractivity contribution in [3.05, 3.63) is 109 Å². The van der Waals surface area contributed by atoms with E-state index in [0.717, 1.165) is 60.3 Å². The van der Waals surface area contributed by atoms with Crippen LogP contribution in [0.25, 0.3) is 33.0 Å². The van der Waals surface area contributed by atoms with Crippen molar-refractivity contribution >= 4 is 38.7 Å². The number of hydrogen-bond donors (Lipinski definition) is 1. The predicted molar refractivity (Wildman–Crippen MR) is 210 cm³/mol. The van der Waals surface area contributed by atoms with Crippen molar-refractivity contribution in [2.24, 2.45) is 0 Å². The van der Waals surface area contributed by atoms with Crippen LogP contribution < -0.4 is 0 Å². The number of fused-ring (bicyclic) bond motifs is 2. The first-order chi connectivity index (χ1) is 24.4. The van der Waals surface area contributed by atoms with E-state index in [1.165, 1.54) is 0 Å². The number of hydrogen-bond acceptors (Lipinski definition) is 5. The van der Waals surface area contributed by atoms with E-state index in [2.05, 4.69) is 70.8 Å². The summed E-state index contributed by atoms with van der Waals surface area (Å²) in [5, 5.41) is 14.2. The second kappa shape index (κ2) is 15.5. The highest BCUT2D eigenvalue weighted by Crippen LogP contribution is 2.51. The quantitative estimate of drug-likeness (QED) is 0.0638. The smallest absolute Gasteiger partial charge is 0.260 e. The number of aromatic nitrogens is 2. The SMILES string of the molecule is C=CC(C)(C)n1cc(C2=C(OCCCC)C(OCCCC)(OCCCC)C(c3cn(C(C)(C)C=C)c4ccccc34)=C(O)C2=O)c2ccccc21. The number of carbonyl (C=O) groups excluding carboxylic acids is 1. The fourth-order valence-electron chi connectivity index (χ4n) is 6.75.